The zero-order chi connectivity index (χ0) is 16.1. The van der Waals surface area contributed by atoms with E-state index >= 15 is 0 Å². The van der Waals surface area contributed by atoms with Gasteiger partial charge in [0, 0.05) is 5.56 Å². The number of hydrogen-bond acceptors (Lipinski definition) is 1. The van der Waals surface area contributed by atoms with Gasteiger partial charge >= 0.3 is 0 Å². The first-order valence-corrected chi connectivity index (χ1v) is 7.67. The third kappa shape index (κ3) is 3.46. The molecule has 0 heterocycles. The lowest BCUT2D eigenvalue weighted by atomic mass is 10.0. The van der Waals surface area contributed by atoms with Crippen LogP contribution < -0.4 is 0 Å². The molecule has 1 nitrogen and oxygen atoms in total. The van der Waals surface area contributed by atoms with Gasteiger partial charge in [-0.2, -0.15) is 0 Å². The summed E-state index contributed by atoms with van der Waals surface area (Å²) in [5.41, 5.74) is 2.45. The van der Waals surface area contributed by atoms with E-state index in [9.17, 15) is 4.79 Å². The molecule has 0 N–H and O–H groups in total. The van der Waals surface area contributed by atoms with Crippen LogP contribution in [0.4, 0.5) is 0 Å². The topological polar surface area (TPSA) is 17.1 Å². The van der Waals surface area contributed by atoms with Gasteiger partial charge in [0.15, 0.2) is 5.78 Å². The second-order valence-electron chi connectivity index (χ2n) is 5.47. The van der Waals surface area contributed by atoms with Crippen LogP contribution in [-0.4, -0.2) is 5.78 Å². The molecule has 3 rings (SSSR count). The van der Waals surface area contributed by atoms with Crippen LogP contribution >= 0.6 is 0 Å². The van der Waals surface area contributed by atoms with Crippen molar-refractivity contribution in [2.24, 2.45) is 0 Å². The second kappa shape index (κ2) is 6.89. The fraction of sp³-hybridized carbons (Fsp3) is 0.0455. The normalized spacial score (nSPS) is 11.0. The van der Waals surface area contributed by atoms with Crippen LogP contribution in [0.3, 0.4) is 0 Å². The van der Waals surface area contributed by atoms with E-state index in [4.69, 9.17) is 0 Å². The Bertz CT molecular complexity index is 867. The number of carbonyl (C=O) groups excluding carboxylic acids is 1. The average molecular weight is 298 g/mol. The van der Waals surface area contributed by atoms with Gasteiger partial charge < -0.3 is 0 Å². The van der Waals surface area contributed by atoms with E-state index in [2.05, 4.69) is 36.9 Å². The van der Waals surface area contributed by atoms with Crippen molar-refractivity contribution in [2.75, 3.05) is 0 Å². The number of fused-ring (bicyclic) bond motifs is 1. The van der Waals surface area contributed by atoms with E-state index in [1.54, 1.807) is 0 Å². The smallest absolute Gasteiger partial charge is 0.188 e. The van der Waals surface area contributed by atoms with Gasteiger partial charge in [0.1, 0.15) is 0 Å². The molecular formula is C22H18O. The van der Waals surface area contributed by atoms with Crippen molar-refractivity contribution >= 4 is 22.6 Å². The highest BCUT2D eigenvalue weighted by Crippen LogP contribution is 2.20. The molecular weight excluding hydrogens is 280 g/mol. The van der Waals surface area contributed by atoms with Crippen LogP contribution in [0.1, 0.15) is 22.3 Å². The molecule has 0 aliphatic heterocycles. The first-order valence-electron chi connectivity index (χ1n) is 7.67. The molecule has 0 radical (unpaired) electrons. The van der Waals surface area contributed by atoms with Crippen molar-refractivity contribution in [3.8, 4) is 0 Å². The Morgan fingerprint density at radius 1 is 0.870 bits per heavy atom. The number of Topliss-reactive ketones (excluding diaryl/α,β-unsaturated/α-hetero) is 1. The van der Waals surface area contributed by atoms with Crippen LogP contribution in [0, 0.1) is 0 Å². The maximum atomic E-state index is 12.3. The quantitative estimate of drug-likeness (QED) is 0.437. The summed E-state index contributed by atoms with van der Waals surface area (Å²) in [6.07, 6.45) is 4.62. The van der Waals surface area contributed by atoms with Crippen LogP contribution in [0.25, 0.3) is 16.8 Å². The molecule has 0 saturated heterocycles. The third-order valence-corrected chi connectivity index (χ3v) is 3.84. The molecule has 0 spiro atoms. The van der Waals surface area contributed by atoms with Crippen molar-refractivity contribution in [2.45, 2.75) is 6.42 Å². The number of allylic oxidation sites excluding steroid dienone is 2. The molecule has 0 saturated carbocycles. The molecule has 0 aliphatic rings. The van der Waals surface area contributed by atoms with Gasteiger partial charge in [-0.1, -0.05) is 91.5 Å². The van der Waals surface area contributed by atoms with Gasteiger partial charge in [-0.05, 0) is 28.3 Å². The molecule has 0 aromatic heterocycles. The summed E-state index contributed by atoms with van der Waals surface area (Å²) in [6.45, 7) is 3.92. The van der Waals surface area contributed by atoms with Gasteiger partial charge in [-0.25, -0.2) is 0 Å². The number of carbonyl (C=O) groups is 1. The highest BCUT2D eigenvalue weighted by Gasteiger charge is 2.07. The summed E-state index contributed by atoms with van der Waals surface area (Å²) in [7, 11) is 0. The van der Waals surface area contributed by atoms with Gasteiger partial charge in [-0.3, -0.25) is 4.79 Å². The summed E-state index contributed by atoms with van der Waals surface area (Å²) in [6, 6.07) is 23.8. The SMILES string of the molecule is C=C(C/C=C/c1cccc2ccccc12)C(=O)c1ccccc1. The largest absolute Gasteiger partial charge is 0.289 e. The van der Waals surface area contributed by atoms with E-state index in [0.717, 1.165) is 5.56 Å². The molecule has 0 unspecified atom stereocenters. The van der Waals surface area contributed by atoms with Crippen molar-refractivity contribution in [3.05, 3.63) is 102 Å². The van der Waals surface area contributed by atoms with E-state index in [1.807, 2.05) is 54.6 Å². The van der Waals surface area contributed by atoms with Crippen molar-refractivity contribution in [1.82, 2.24) is 0 Å². The average Bonchev–Trinajstić information content (AvgIpc) is 2.62. The van der Waals surface area contributed by atoms with E-state index < -0.39 is 0 Å². The first kappa shape index (κ1) is 15.0. The number of ketones is 1. The van der Waals surface area contributed by atoms with Gasteiger partial charge in [0.2, 0.25) is 0 Å². The van der Waals surface area contributed by atoms with Crippen molar-refractivity contribution < 1.29 is 4.79 Å². The van der Waals surface area contributed by atoms with Gasteiger partial charge in [0.25, 0.3) is 0 Å². The summed E-state index contributed by atoms with van der Waals surface area (Å²) in [5.74, 6) is 0.00756. The number of rotatable bonds is 5. The summed E-state index contributed by atoms with van der Waals surface area (Å²) in [4.78, 5) is 12.3. The molecule has 0 bridgehead atoms. The van der Waals surface area contributed by atoms with E-state index in [0.29, 0.717) is 17.6 Å². The Labute approximate surface area is 136 Å². The second-order valence-corrected chi connectivity index (χ2v) is 5.47. The Kier molecular flexibility index (Phi) is 4.49. The van der Waals surface area contributed by atoms with Crippen LogP contribution in [-0.2, 0) is 0 Å². The zero-order valence-corrected chi connectivity index (χ0v) is 12.9. The molecule has 0 aliphatic carbocycles. The summed E-state index contributed by atoms with van der Waals surface area (Å²) in [5, 5.41) is 2.43. The van der Waals surface area contributed by atoms with E-state index in [-0.39, 0.29) is 5.78 Å². The first-order chi connectivity index (χ1) is 11.3. The lowest BCUT2D eigenvalue weighted by Crippen LogP contribution is -2.01. The van der Waals surface area contributed by atoms with Gasteiger partial charge in [-0.15, -0.1) is 0 Å². The Balaban J connectivity index is 1.73. The number of hydrogen-bond donors (Lipinski definition) is 0. The van der Waals surface area contributed by atoms with Crippen LogP contribution in [0.2, 0.25) is 0 Å². The maximum Gasteiger partial charge on any atom is 0.188 e. The summed E-state index contributed by atoms with van der Waals surface area (Å²) < 4.78 is 0. The predicted octanol–water partition coefficient (Wildman–Crippen LogP) is 5.68. The molecule has 112 valence electrons. The van der Waals surface area contributed by atoms with Crippen molar-refractivity contribution in [1.29, 1.82) is 0 Å². The molecule has 0 fully saturated rings. The Morgan fingerprint density at radius 2 is 1.57 bits per heavy atom. The molecule has 3 aromatic carbocycles. The van der Waals surface area contributed by atoms with Crippen LogP contribution in [0.5, 0.6) is 0 Å². The molecule has 3 aromatic rings. The van der Waals surface area contributed by atoms with Crippen molar-refractivity contribution in [3.63, 3.8) is 0 Å². The van der Waals surface area contributed by atoms with Gasteiger partial charge in [0.05, 0.1) is 0 Å². The fourth-order valence-corrected chi connectivity index (χ4v) is 2.61. The summed E-state index contributed by atoms with van der Waals surface area (Å²) >= 11 is 0. The highest BCUT2D eigenvalue weighted by atomic mass is 16.1. The zero-order valence-electron chi connectivity index (χ0n) is 12.9. The Morgan fingerprint density at radius 3 is 2.39 bits per heavy atom. The number of benzene rings is 3. The lowest BCUT2D eigenvalue weighted by Gasteiger charge is -2.03. The third-order valence-electron chi connectivity index (χ3n) is 3.84. The monoisotopic (exact) mass is 298 g/mol. The Hall–Kier alpha value is -2.93. The van der Waals surface area contributed by atoms with E-state index in [1.165, 1.54) is 10.8 Å². The fourth-order valence-electron chi connectivity index (χ4n) is 2.61. The molecule has 0 atom stereocenters. The molecule has 23 heavy (non-hydrogen) atoms. The molecule has 1 heteroatoms. The lowest BCUT2D eigenvalue weighted by molar-refractivity contribution is 0.103. The minimum absolute atomic E-state index is 0.00756. The predicted molar refractivity (Wildman–Crippen MR) is 97.5 cm³/mol. The van der Waals surface area contributed by atoms with Crippen LogP contribution in [0.15, 0.2) is 91.0 Å². The highest BCUT2D eigenvalue weighted by molar-refractivity contribution is 6.08. The maximum absolute atomic E-state index is 12.3. The molecule has 0 amide bonds. The minimum Gasteiger partial charge on any atom is -0.289 e. The standard InChI is InChI=1S/C22H18O/c1-17(22(23)20-11-3-2-4-12-20)9-7-13-19-15-8-14-18-10-5-6-16-21(18)19/h2-8,10-16H,1,9H2/b13-7+. The minimum atomic E-state index is 0.00756.